The van der Waals surface area contributed by atoms with E-state index < -0.39 is 15.9 Å². The van der Waals surface area contributed by atoms with E-state index in [9.17, 15) is 13.2 Å². The first-order valence-corrected chi connectivity index (χ1v) is 12.6. The molecular weight excluding hydrogens is 456 g/mol. The first-order chi connectivity index (χ1) is 14.4. The van der Waals surface area contributed by atoms with Gasteiger partial charge in [0.2, 0.25) is 5.91 Å². The smallest absolute Gasteiger partial charge is 0.264 e. The van der Waals surface area contributed by atoms with Gasteiger partial charge in [0.1, 0.15) is 12.3 Å². The minimum atomic E-state index is -3.99. The number of anilines is 1. The van der Waals surface area contributed by atoms with E-state index in [1.807, 2.05) is 6.92 Å². The highest BCUT2D eigenvalue weighted by molar-refractivity contribution is 8.00. The Kier molecular flexibility index (Phi) is 8.68. The molecular formula is C22H29ClN2O4S2. The summed E-state index contributed by atoms with van der Waals surface area (Å²) in [5.74, 6) is 0.757. The summed E-state index contributed by atoms with van der Waals surface area (Å²) in [4.78, 5) is 12.7. The minimum Gasteiger partial charge on any atom is -0.495 e. The molecule has 170 valence electrons. The normalized spacial score (nSPS) is 11.8. The minimum absolute atomic E-state index is 0.0887. The van der Waals surface area contributed by atoms with Gasteiger partial charge in [-0.3, -0.25) is 9.10 Å². The largest absolute Gasteiger partial charge is 0.495 e. The van der Waals surface area contributed by atoms with Gasteiger partial charge in [0.25, 0.3) is 10.0 Å². The van der Waals surface area contributed by atoms with Crippen LogP contribution in [0.4, 0.5) is 5.69 Å². The molecule has 0 aromatic heterocycles. The molecule has 0 heterocycles. The third-order valence-corrected chi connectivity index (χ3v) is 7.64. The van der Waals surface area contributed by atoms with Crippen LogP contribution in [0, 0.1) is 6.92 Å². The number of methoxy groups -OCH3 is 1. The average molecular weight is 485 g/mol. The second kappa shape index (κ2) is 10.6. The van der Waals surface area contributed by atoms with Crippen molar-refractivity contribution >= 4 is 45.0 Å². The second-order valence-electron chi connectivity index (χ2n) is 7.95. The van der Waals surface area contributed by atoms with Crippen molar-refractivity contribution in [1.29, 1.82) is 0 Å². The Morgan fingerprint density at radius 1 is 1.16 bits per heavy atom. The molecule has 0 fully saturated rings. The number of hydrogen-bond acceptors (Lipinski definition) is 5. The van der Waals surface area contributed by atoms with E-state index in [4.69, 9.17) is 16.3 Å². The molecule has 0 radical (unpaired) electrons. The Labute approximate surface area is 194 Å². The van der Waals surface area contributed by atoms with Crippen molar-refractivity contribution < 1.29 is 17.9 Å². The van der Waals surface area contributed by atoms with Gasteiger partial charge in [-0.15, -0.1) is 0 Å². The van der Waals surface area contributed by atoms with E-state index in [0.29, 0.717) is 12.3 Å². The molecule has 1 amide bonds. The van der Waals surface area contributed by atoms with Gasteiger partial charge in [-0.25, -0.2) is 8.42 Å². The SMILES string of the molecule is COc1ccc(N(CC(=O)NCCSC(C)(C)C)S(=O)(=O)c2ccc(C)cc2)cc1Cl. The summed E-state index contributed by atoms with van der Waals surface area (Å²) in [5, 5.41) is 3.06. The topological polar surface area (TPSA) is 75.7 Å². The zero-order valence-electron chi connectivity index (χ0n) is 18.4. The van der Waals surface area contributed by atoms with E-state index >= 15 is 0 Å². The van der Waals surface area contributed by atoms with Crippen LogP contribution in [0.1, 0.15) is 26.3 Å². The van der Waals surface area contributed by atoms with Crippen molar-refractivity contribution in [3.63, 3.8) is 0 Å². The Bertz CT molecular complexity index is 1000. The number of thioether (sulfide) groups is 1. The van der Waals surface area contributed by atoms with E-state index in [2.05, 4.69) is 26.1 Å². The fraction of sp³-hybridized carbons (Fsp3) is 0.409. The van der Waals surface area contributed by atoms with Crippen molar-refractivity contribution in [2.75, 3.05) is 30.3 Å². The molecule has 2 rings (SSSR count). The summed E-state index contributed by atoms with van der Waals surface area (Å²) in [6, 6.07) is 11.1. The lowest BCUT2D eigenvalue weighted by atomic mass is 10.2. The summed E-state index contributed by atoms with van der Waals surface area (Å²) >= 11 is 7.95. The Balaban J connectivity index is 2.29. The highest BCUT2D eigenvalue weighted by Crippen LogP contribution is 2.32. The van der Waals surface area contributed by atoms with Gasteiger partial charge in [-0.1, -0.05) is 50.1 Å². The van der Waals surface area contributed by atoms with E-state index in [-0.39, 0.29) is 26.9 Å². The highest BCUT2D eigenvalue weighted by Gasteiger charge is 2.27. The van der Waals surface area contributed by atoms with Gasteiger partial charge < -0.3 is 10.1 Å². The van der Waals surface area contributed by atoms with Crippen LogP contribution in [-0.2, 0) is 14.8 Å². The quantitative estimate of drug-likeness (QED) is 0.530. The van der Waals surface area contributed by atoms with Gasteiger partial charge in [-0.2, -0.15) is 11.8 Å². The third kappa shape index (κ3) is 7.33. The lowest BCUT2D eigenvalue weighted by molar-refractivity contribution is -0.119. The number of hydrogen-bond donors (Lipinski definition) is 1. The van der Waals surface area contributed by atoms with Gasteiger partial charge in [-0.05, 0) is 37.3 Å². The molecule has 31 heavy (non-hydrogen) atoms. The average Bonchev–Trinajstić information content (AvgIpc) is 2.69. The number of sulfonamides is 1. The predicted octanol–water partition coefficient (Wildman–Crippen LogP) is 4.50. The zero-order chi connectivity index (χ0) is 23.2. The first-order valence-electron chi connectivity index (χ1n) is 9.77. The van der Waals surface area contributed by atoms with Crippen LogP contribution in [0.5, 0.6) is 5.75 Å². The Morgan fingerprint density at radius 3 is 2.35 bits per heavy atom. The van der Waals surface area contributed by atoms with Crippen molar-refractivity contribution in [1.82, 2.24) is 5.32 Å². The Hall–Kier alpha value is -1.90. The number of amides is 1. The molecule has 1 N–H and O–H groups in total. The molecule has 2 aromatic carbocycles. The number of aryl methyl sites for hydroxylation is 1. The number of ether oxygens (including phenoxy) is 1. The molecule has 0 unspecified atom stereocenters. The zero-order valence-corrected chi connectivity index (χ0v) is 20.8. The first kappa shape index (κ1) is 25.4. The van der Waals surface area contributed by atoms with Crippen LogP contribution in [0.25, 0.3) is 0 Å². The summed E-state index contributed by atoms with van der Waals surface area (Å²) < 4.78 is 33.1. The summed E-state index contributed by atoms with van der Waals surface area (Å²) in [5.41, 5.74) is 1.22. The number of nitrogens with zero attached hydrogens (tertiary/aromatic N) is 1. The molecule has 0 bridgehead atoms. The summed E-state index contributed by atoms with van der Waals surface area (Å²) in [6.45, 7) is 8.26. The van der Waals surface area contributed by atoms with Gasteiger partial charge in [0, 0.05) is 17.0 Å². The standard InChI is InChI=1S/C22H29ClN2O4S2/c1-16-6-9-18(10-7-16)31(27,28)25(17-8-11-20(29-5)19(23)14-17)15-21(26)24-12-13-30-22(2,3)4/h6-11,14H,12-13,15H2,1-5H3,(H,24,26). The molecule has 0 aliphatic heterocycles. The van der Waals surface area contributed by atoms with Crippen LogP contribution in [0.15, 0.2) is 47.4 Å². The molecule has 0 aliphatic carbocycles. The van der Waals surface area contributed by atoms with E-state index in [1.54, 1.807) is 36.0 Å². The number of carbonyl (C=O) groups is 1. The molecule has 0 spiro atoms. The summed E-state index contributed by atoms with van der Waals surface area (Å²) in [6.07, 6.45) is 0. The van der Waals surface area contributed by atoms with Gasteiger partial charge >= 0.3 is 0 Å². The second-order valence-corrected chi connectivity index (χ2v) is 12.1. The van der Waals surface area contributed by atoms with Gasteiger partial charge in [0.15, 0.2) is 0 Å². The molecule has 0 aliphatic rings. The van der Waals surface area contributed by atoms with Crippen LogP contribution in [0.2, 0.25) is 5.02 Å². The summed E-state index contributed by atoms with van der Waals surface area (Å²) in [7, 11) is -2.51. The number of carbonyl (C=O) groups excluding carboxylic acids is 1. The molecule has 0 saturated carbocycles. The van der Waals surface area contributed by atoms with Crippen molar-refractivity contribution in [2.24, 2.45) is 0 Å². The molecule has 2 aromatic rings. The van der Waals surface area contributed by atoms with Crippen molar-refractivity contribution in [3.8, 4) is 5.75 Å². The van der Waals surface area contributed by atoms with E-state index in [1.165, 1.54) is 25.3 Å². The van der Waals surface area contributed by atoms with Crippen LogP contribution < -0.4 is 14.4 Å². The molecule has 0 atom stereocenters. The number of nitrogens with one attached hydrogen (secondary N) is 1. The van der Waals surface area contributed by atoms with Crippen LogP contribution in [-0.4, -0.2) is 45.0 Å². The predicted molar refractivity (Wildman–Crippen MR) is 129 cm³/mol. The lowest BCUT2D eigenvalue weighted by Crippen LogP contribution is -2.41. The Morgan fingerprint density at radius 2 is 1.81 bits per heavy atom. The van der Waals surface area contributed by atoms with Crippen LogP contribution >= 0.6 is 23.4 Å². The van der Waals surface area contributed by atoms with Gasteiger partial charge in [0.05, 0.1) is 22.7 Å². The maximum atomic E-state index is 13.4. The molecule has 0 saturated heterocycles. The maximum Gasteiger partial charge on any atom is 0.264 e. The maximum absolute atomic E-state index is 13.4. The fourth-order valence-electron chi connectivity index (χ4n) is 2.70. The third-order valence-electron chi connectivity index (χ3n) is 4.28. The number of benzene rings is 2. The number of halogens is 1. The van der Waals surface area contributed by atoms with Crippen LogP contribution in [0.3, 0.4) is 0 Å². The monoisotopic (exact) mass is 484 g/mol. The molecule has 6 nitrogen and oxygen atoms in total. The van der Waals surface area contributed by atoms with Crippen molar-refractivity contribution in [2.45, 2.75) is 37.3 Å². The van der Waals surface area contributed by atoms with Crippen molar-refractivity contribution in [3.05, 3.63) is 53.1 Å². The van der Waals surface area contributed by atoms with E-state index in [0.717, 1.165) is 15.6 Å². The number of rotatable bonds is 9. The lowest BCUT2D eigenvalue weighted by Gasteiger charge is -2.25. The fourth-order valence-corrected chi connectivity index (χ4v) is 5.18. The molecule has 9 heteroatoms. The highest BCUT2D eigenvalue weighted by atomic mass is 35.5.